The van der Waals surface area contributed by atoms with E-state index in [1.165, 1.54) is 11.8 Å². The van der Waals surface area contributed by atoms with Crippen LogP contribution in [0.25, 0.3) is 10.7 Å². The van der Waals surface area contributed by atoms with Gasteiger partial charge in [0.05, 0.1) is 17.2 Å². The molecule has 6 nitrogen and oxygen atoms in total. The maximum atomic E-state index is 12.2. The third-order valence-corrected chi connectivity index (χ3v) is 4.87. The Morgan fingerprint density at radius 2 is 2.30 bits per heavy atom. The number of thioether (sulfide) groups is 1. The molecule has 0 saturated carbocycles. The number of carbonyl (C=O) groups is 1. The molecule has 0 bridgehead atoms. The van der Waals surface area contributed by atoms with Crippen molar-refractivity contribution in [3.63, 3.8) is 0 Å². The van der Waals surface area contributed by atoms with Crippen molar-refractivity contribution in [1.29, 1.82) is 0 Å². The minimum Gasteiger partial charge on any atom is -0.464 e. The first-order valence-corrected chi connectivity index (χ1v) is 8.86. The molecular formula is C15H16N4O2S2. The topological polar surface area (TPSA) is 75.0 Å². The highest BCUT2D eigenvalue weighted by Gasteiger charge is 2.14. The van der Waals surface area contributed by atoms with Crippen LogP contribution in [0.15, 0.2) is 39.2 Å². The molecule has 3 rings (SSSR count). The zero-order valence-corrected chi connectivity index (χ0v) is 14.4. The summed E-state index contributed by atoms with van der Waals surface area (Å²) in [5, 5.41) is 9.59. The minimum absolute atomic E-state index is 0.00604. The number of H-pyrrole nitrogens is 1. The summed E-state index contributed by atoms with van der Waals surface area (Å²) in [6.07, 6.45) is 0. The van der Waals surface area contributed by atoms with Crippen molar-refractivity contribution in [3.8, 4) is 10.7 Å². The average molecular weight is 348 g/mol. The van der Waals surface area contributed by atoms with Gasteiger partial charge in [0, 0.05) is 7.05 Å². The molecule has 0 aliphatic heterocycles. The summed E-state index contributed by atoms with van der Waals surface area (Å²) in [5.74, 6) is 2.65. The van der Waals surface area contributed by atoms with Crippen molar-refractivity contribution in [2.75, 3.05) is 12.8 Å². The Morgan fingerprint density at radius 3 is 3.00 bits per heavy atom. The Kier molecular flexibility index (Phi) is 4.82. The lowest BCUT2D eigenvalue weighted by Gasteiger charge is -2.14. The second-order valence-corrected chi connectivity index (χ2v) is 6.88. The molecule has 3 heterocycles. The van der Waals surface area contributed by atoms with Crippen molar-refractivity contribution in [2.45, 2.75) is 18.6 Å². The van der Waals surface area contributed by atoms with Crippen molar-refractivity contribution in [2.24, 2.45) is 0 Å². The molecule has 23 heavy (non-hydrogen) atoms. The summed E-state index contributed by atoms with van der Waals surface area (Å²) in [6, 6.07) is 7.71. The lowest BCUT2D eigenvalue weighted by atomic mass is 10.4. The van der Waals surface area contributed by atoms with Crippen LogP contribution in [0.2, 0.25) is 0 Å². The lowest BCUT2D eigenvalue weighted by Crippen LogP contribution is -2.27. The second-order valence-electron chi connectivity index (χ2n) is 4.99. The van der Waals surface area contributed by atoms with Crippen LogP contribution in [0.1, 0.15) is 11.5 Å². The summed E-state index contributed by atoms with van der Waals surface area (Å²) < 4.78 is 5.48. The maximum absolute atomic E-state index is 12.2. The number of aromatic nitrogens is 3. The number of carbonyl (C=O) groups excluding carboxylic acids is 1. The van der Waals surface area contributed by atoms with Crippen LogP contribution in [0, 0.1) is 6.92 Å². The fourth-order valence-corrected chi connectivity index (χ4v) is 3.37. The Labute approximate surface area is 141 Å². The van der Waals surface area contributed by atoms with E-state index in [0.717, 1.165) is 22.2 Å². The maximum Gasteiger partial charge on any atom is 0.233 e. The Hall–Kier alpha value is -2.06. The third-order valence-electron chi connectivity index (χ3n) is 3.16. The molecule has 0 atom stereocenters. The molecule has 0 aliphatic rings. The van der Waals surface area contributed by atoms with Gasteiger partial charge in [-0.2, -0.15) is 0 Å². The van der Waals surface area contributed by atoms with Crippen LogP contribution in [-0.2, 0) is 11.3 Å². The highest BCUT2D eigenvalue weighted by atomic mass is 32.2. The van der Waals surface area contributed by atoms with E-state index in [1.54, 1.807) is 23.3 Å². The number of hydrogen-bond acceptors (Lipinski definition) is 6. The summed E-state index contributed by atoms with van der Waals surface area (Å²) in [6.45, 7) is 2.34. The molecule has 1 N–H and O–H groups in total. The van der Waals surface area contributed by atoms with Crippen molar-refractivity contribution in [1.82, 2.24) is 20.1 Å². The van der Waals surface area contributed by atoms with E-state index < -0.39 is 0 Å². The van der Waals surface area contributed by atoms with Crippen LogP contribution in [0.4, 0.5) is 0 Å². The van der Waals surface area contributed by atoms with E-state index in [9.17, 15) is 4.79 Å². The first-order valence-electron chi connectivity index (χ1n) is 7.00. The zero-order valence-electron chi connectivity index (χ0n) is 12.8. The SMILES string of the molecule is Cc1ccc(CN(C)C(=O)CSc2n[nH]c(-c3cccs3)n2)o1. The van der Waals surface area contributed by atoms with Gasteiger partial charge >= 0.3 is 0 Å². The fourth-order valence-electron chi connectivity index (χ4n) is 1.96. The first kappa shape index (κ1) is 15.8. The van der Waals surface area contributed by atoms with Gasteiger partial charge in [-0.05, 0) is 30.5 Å². The number of rotatable bonds is 6. The number of furan rings is 1. The normalized spacial score (nSPS) is 10.9. The number of aromatic amines is 1. The largest absolute Gasteiger partial charge is 0.464 e. The Balaban J connectivity index is 1.52. The summed E-state index contributed by atoms with van der Waals surface area (Å²) in [5.41, 5.74) is 0. The van der Waals surface area contributed by atoms with Gasteiger partial charge in [-0.15, -0.1) is 16.4 Å². The van der Waals surface area contributed by atoms with E-state index in [1.807, 2.05) is 36.6 Å². The van der Waals surface area contributed by atoms with E-state index in [4.69, 9.17) is 4.42 Å². The molecule has 0 radical (unpaired) electrons. The van der Waals surface area contributed by atoms with Crippen molar-refractivity contribution >= 4 is 29.0 Å². The predicted molar refractivity (Wildman–Crippen MR) is 90.3 cm³/mol. The molecule has 0 fully saturated rings. The molecule has 1 amide bonds. The third kappa shape index (κ3) is 4.02. The van der Waals surface area contributed by atoms with Gasteiger partial charge in [0.25, 0.3) is 0 Å². The van der Waals surface area contributed by atoms with Crippen LogP contribution in [0.3, 0.4) is 0 Å². The zero-order chi connectivity index (χ0) is 16.2. The van der Waals surface area contributed by atoms with Crippen molar-refractivity contribution < 1.29 is 9.21 Å². The molecule has 3 aromatic rings. The average Bonchev–Trinajstić information content (AvgIpc) is 3.26. The van der Waals surface area contributed by atoms with Crippen LogP contribution < -0.4 is 0 Å². The second kappa shape index (κ2) is 7.01. The van der Waals surface area contributed by atoms with E-state index in [-0.39, 0.29) is 11.7 Å². The molecule has 0 spiro atoms. The van der Waals surface area contributed by atoms with E-state index in [2.05, 4.69) is 15.2 Å². The molecular weight excluding hydrogens is 332 g/mol. The predicted octanol–water partition coefficient (Wildman–Crippen LogP) is 3.19. The highest BCUT2D eigenvalue weighted by molar-refractivity contribution is 7.99. The number of amides is 1. The molecule has 0 aromatic carbocycles. The number of thiophene rings is 1. The van der Waals surface area contributed by atoms with Gasteiger partial charge < -0.3 is 9.32 Å². The van der Waals surface area contributed by atoms with Gasteiger partial charge in [-0.3, -0.25) is 9.89 Å². The smallest absolute Gasteiger partial charge is 0.233 e. The van der Waals surface area contributed by atoms with Crippen LogP contribution in [-0.4, -0.2) is 38.8 Å². The van der Waals surface area contributed by atoms with Crippen LogP contribution in [0.5, 0.6) is 0 Å². The highest BCUT2D eigenvalue weighted by Crippen LogP contribution is 2.23. The van der Waals surface area contributed by atoms with Gasteiger partial charge in [-0.25, -0.2) is 4.98 Å². The molecule has 0 unspecified atom stereocenters. The standard InChI is InChI=1S/C15H16N4O2S2/c1-10-5-6-11(21-10)8-19(2)13(20)9-23-15-16-14(17-18-15)12-4-3-7-22-12/h3-7H,8-9H2,1-2H3,(H,16,17,18). The molecule has 8 heteroatoms. The summed E-state index contributed by atoms with van der Waals surface area (Å²) in [7, 11) is 1.76. The van der Waals surface area contributed by atoms with E-state index >= 15 is 0 Å². The number of nitrogens with zero attached hydrogens (tertiary/aromatic N) is 3. The van der Waals surface area contributed by atoms with Crippen molar-refractivity contribution in [3.05, 3.63) is 41.2 Å². The summed E-state index contributed by atoms with van der Waals surface area (Å²) in [4.78, 5) is 19.2. The molecule has 3 aromatic heterocycles. The van der Waals surface area contributed by atoms with Gasteiger partial charge in [-0.1, -0.05) is 17.8 Å². The molecule has 0 aliphatic carbocycles. The summed E-state index contributed by atoms with van der Waals surface area (Å²) >= 11 is 2.91. The number of hydrogen-bond donors (Lipinski definition) is 1. The van der Waals surface area contributed by atoms with Gasteiger partial charge in [0.2, 0.25) is 11.1 Å². The van der Waals surface area contributed by atoms with Crippen LogP contribution >= 0.6 is 23.1 Å². The van der Waals surface area contributed by atoms with Gasteiger partial charge in [0.1, 0.15) is 11.5 Å². The quantitative estimate of drug-likeness (QED) is 0.693. The lowest BCUT2D eigenvalue weighted by molar-refractivity contribution is -0.127. The monoisotopic (exact) mass is 348 g/mol. The molecule has 0 saturated heterocycles. The van der Waals surface area contributed by atoms with E-state index in [0.29, 0.717) is 11.7 Å². The number of nitrogens with one attached hydrogen (secondary N) is 1. The Bertz CT molecular complexity index is 779. The molecule has 120 valence electrons. The first-order chi connectivity index (χ1) is 11.1. The minimum atomic E-state index is 0.00604. The fraction of sp³-hybridized carbons (Fsp3) is 0.267. The number of aryl methyl sites for hydroxylation is 1. The Morgan fingerprint density at radius 1 is 1.43 bits per heavy atom. The van der Waals surface area contributed by atoms with Gasteiger partial charge in [0.15, 0.2) is 5.82 Å².